The molecular weight excluding hydrogens is 310 g/mol. The van der Waals surface area contributed by atoms with Crippen molar-refractivity contribution in [1.29, 1.82) is 0 Å². The molecule has 0 saturated carbocycles. The monoisotopic (exact) mass is 331 g/mol. The number of unbranched alkanes of at least 4 members (excludes halogenated alkanes) is 1. The van der Waals surface area contributed by atoms with Crippen molar-refractivity contribution in [2.24, 2.45) is 0 Å². The Morgan fingerprint density at radius 1 is 0.833 bits per heavy atom. The highest BCUT2D eigenvalue weighted by Crippen LogP contribution is 2.47. The fraction of sp³-hybridized carbons (Fsp3) is 0.182. The second-order valence-corrected chi connectivity index (χ2v) is 7.29. The van der Waals surface area contributed by atoms with Crippen molar-refractivity contribution >= 4 is 23.1 Å². The number of anilines is 2. The maximum absolute atomic E-state index is 3.64. The predicted octanol–water partition coefficient (Wildman–Crippen LogP) is 6.90. The van der Waals surface area contributed by atoms with Gasteiger partial charge in [-0.15, -0.1) is 0 Å². The quantitative estimate of drug-likeness (QED) is 0.436. The number of hydrogen-bond donors (Lipinski definition) is 1. The highest BCUT2D eigenvalue weighted by atomic mass is 32.2. The van der Waals surface area contributed by atoms with E-state index in [0.717, 1.165) is 0 Å². The summed E-state index contributed by atoms with van der Waals surface area (Å²) in [6, 6.07) is 24.1. The fourth-order valence-corrected chi connectivity index (χ4v) is 4.15. The fourth-order valence-electron chi connectivity index (χ4n) is 3.13. The van der Waals surface area contributed by atoms with Gasteiger partial charge in [0.2, 0.25) is 0 Å². The van der Waals surface area contributed by atoms with Gasteiger partial charge in [-0.3, -0.25) is 0 Å². The first-order valence-electron chi connectivity index (χ1n) is 8.61. The van der Waals surface area contributed by atoms with Crippen molar-refractivity contribution in [1.82, 2.24) is 0 Å². The highest BCUT2D eigenvalue weighted by Gasteiger charge is 2.18. The number of fused-ring (bicyclic) bond motifs is 2. The molecule has 0 amide bonds. The van der Waals surface area contributed by atoms with Gasteiger partial charge in [0, 0.05) is 15.4 Å². The molecular formula is C22H21NS. The number of rotatable bonds is 4. The number of para-hydroxylation sites is 2. The summed E-state index contributed by atoms with van der Waals surface area (Å²) < 4.78 is 0. The Morgan fingerprint density at radius 3 is 2.46 bits per heavy atom. The summed E-state index contributed by atoms with van der Waals surface area (Å²) in [6.07, 6.45) is 3.68. The maximum Gasteiger partial charge on any atom is 0.0606 e. The van der Waals surface area contributed by atoms with Gasteiger partial charge in [-0.05, 0) is 42.2 Å². The van der Waals surface area contributed by atoms with Gasteiger partial charge in [0.1, 0.15) is 0 Å². The van der Waals surface area contributed by atoms with E-state index in [4.69, 9.17) is 0 Å². The Kier molecular flexibility index (Phi) is 4.31. The van der Waals surface area contributed by atoms with Crippen LogP contribution in [0.2, 0.25) is 0 Å². The summed E-state index contributed by atoms with van der Waals surface area (Å²) in [4.78, 5) is 2.58. The van der Waals surface area contributed by atoms with Crippen LogP contribution in [-0.2, 0) is 6.42 Å². The summed E-state index contributed by atoms with van der Waals surface area (Å²) in [7, 11) is 0. The van der Waals surface area contributed by atoms with Crippen LogP contribution in [0.1, 0.15) is 25.3 Å². The van der Waals surface area contributed by atoms with Crippen molar-refractivity contribution in [2.45, 2.75) is 36.0 Å². The standard InChI is InChI=1S/C22H21NS/c1-2-3-7-16-12-14-17(15-13-16)18-8-6-11-21-22(18)23-19-9-4-5-10-20(19)24-21/h4-6,8-15,23H,2-3,7H2,1H3. The maximum atomic E-state index is 3.64. The summed E-state index contributed by atoms with van der Waals surface area (Å²) in [5, 5.41) is 3.64. The van der Waals surface area contributed by atoms with Crippen LogP contribution in [0.4, 0.5) is 11.4 Å². The van der Waals surface area contributed by atoms with Gasteiger partial charge in [-0.25, -0.2) is 0 Å². The predicted molar refractivity (Wildman–Crippen MR) is 104 cm³/mol. The molecule has 0 atom stereocenters. The zero-order valence-electron chi connectivity index (χ0n) is 13.9. The lowest BCUT2D eigenvalue weighted by Crippen LogP contribution is -2.01. The van der Waals surface area contributed by atoms with Crippen molar-refractivity contribution in [3.8, 4) is 11.1 Å². The van der Waals surface area contributed by atoms with E-state index in [1.54, 1.807) is 0 Å². The Bertz CT molecular complexity index is 852. The molecule has 0 aromatic heterocycles. The molecule has 0 unspecified atom stereocenters. The number of aryl methyl sites for hydroxylation is 1. The molecule has 120 valence electrons. The molecule has 0 radical (unpaired) electrons. The summed E-state index contributed by atoms with van der Waals surface area (Å²) >= 11 is 1.84. The third kappa shape index (κ3) is 2.94. The zero-order valence-corrected chi connectivity index (χ0v) is 14.7. The summed E-state index contributed by atoms with van der Waals surface area (Å²) in [6.45, 7) is 2.24. The molecule has 0 fully saturated rings. The van der Waals surface area contributed by atoms with E-state index in [1.165, 1.54) is 57.1 Å². The van der Waals surface area contributed by atoms with E-state index in [1.807, 2.05) is 11.8 Å². The van der Waals surface area contributed by atoms with Crippen LogP contribution in [0.15, 0.2) is 76.5 Å². The van der Waals surface area contributed by atoms with Gasteiger partial charge in [0.25, 0.3) is 0 Å². The lowest BCUT2D eigenvalue weighted by Gasteiger charge is -2.23. The molecule has 0 spiro atoms. The van der Waals surface area contributed by atoms with Crippen molar-refractivity contribution in [2.75, 3.05) is 5.32 Å². The van der Waals surface area contributed by atoms with E-state index in [0.29, 0.717) is 0 Å². The lowest BCUT2D eigenvalue weighted by atomic mass is 10.00. The van der Waals surface area contributed by atoms with Gasteiger partial charge in [-0.1, -0.05) is 73.6 Å². The van der Waals surface area contributed by atoms with Crippen molar-refractivity contribution in [3.05, 3.63) is 72.3 Å². The zero-order chi connectivity index (χ0) is 16.4. The molecule has 1 nitrogen and oxygen atoms in total. The molecule has 1 N–H and O–H groups in total. The van der Waals surface area contributed by atoms with E-state index >= 15 is 0 Å². The van der Waals surface area contributed by atoms with Crippen LogP contribution in [0.3, 0.4) is 0 Å². The van der Waals surface area contributed by atoms with Crippen LogP contribution >= 0.6 is 11.8 Å². The smallest absolute Gasteiger partial charge is 0.0606 e. The second-order valence-electron chi connectivity index (χ2n) is 6.20. The molecule has 4 rings (SSSR count). The largest absolute Gasteiger partial charge is 0.353 e. The molecule has 0 saturated heterocycles. The minimum atomic E-state index is 1.17. The Morgan fingerprint density at radius 2 is 1.62 bits per heavy atom. The van der Waals surface area contributed by atoms with Crippen LogP contribution in [-0.4, -0.2) is 0 Å². The first-order valence-corrected chi connectivity index (χ1v) is 9.43. The number of benzene rings is 3. The van der Waals surface area contributed by atoms with Gasteiger partial charge in [0.05, 0.1) is 11.4 Å². The average molecular weight is 331 g/mol. The van der Waals surface area contributed by atoms with Crippen LogP contribution in [0, 0.1) is 0 Å². The minimum absolute atomic E-state index is 1.17. The van der Waals surface area contributed by atoms with Gasteiger partial charge < -0.3 is 5.32 Å². The molecule has 1 heterocycles. The van der Waals surface area contributed by atoms with Crippen LogP contribution < -0.4 is 5.32 Å². The number of hydrogen-bond acceptors (Lipinski definition) is 2. The topological polar surface area (TPSA) is 12.0 Å². The van der Waals surface area contributed by atoms with Crippen LogP contribution in [0.5, 0.6) is 0 Å². The first-order chi connectivity index (χ1) is 11.8. The molecule has 1 aliphatic heterocycles. The van der Waals surface area contributed by atoms with Crippen molar-refractivity contribution in [3.63, 3.8) is 0 Å². The summed E-state index contributed by atoms with van der Waals surface area (Å²) in [5.74, 6) is 0. The minimum Gasteiger partial charge on any atom is -0.353 e. The molecule has 1 aliphatic rings. The number of nitrogens with one attached hydrogen (secondary N) is 1. The second kappa shape index (κ2) is 6.74. The first kappa shape index (κ1) is 15.3. The van der Waals surface area contributed by atoms with Gasteiger partial charge >= 0.3 is 0 Å². The average Bonchev–Trinajstić information content (AvgIpc) is 2.64. The molecule has 3 aromatic rings. The highest BCUT2D eigenvalue weighted by molar-refractivity contribution is 7.99. The lowest BCUT2D eigenvalue weighted by molar-refractivity contribution is 0.795. The Labute approximate surface area is 148 Å². The van der Waals surface area contributed by atoms with E-state index in [-0.39, 0.29) is 0 Å². The SMILES string of the molecule is CCCCc1ccc(-c2cccc3c2Nc2ccccc2S3)cc1. The van der Waals surface area contributed by atoms with E-state index in [2.05, 4.69) is 79.0 Å². The van der Waals surface area contributed by atoms with Gasteiger partial charge in [-0.2, -0.15) is 0 Å². The third-order valence-electron chi connectivity index (χ3n) is 4.48. The normalized spacial score (nSPS) is 12.2. The molecule has 2 heteroatoms. The Balaban J connectivity index is 1.68. The van der Waals surface area contributed by atoms with Crippen LogP contribution in [0.25, 0.3) is 11.1 Å². The van der Waals surface area contributed by atoms with Gasteiger partial charge in [0.15, 0.2) is 0 Å². The molecule has 0 aliphatic carbocycles. The molecule has 3 aromatic carbocycles. The summed E-state index contributed by atoms with van der Waals surface area (Å²) in [5.41, 5.74) is 6.40. The third-order valence-corrected chi connectivity index (χ3v) is 5.61. The Hall–Kier alpha value is -2.19. The van der Waals surface area contributed by atoms with Crippen molar-refractivity contribution < 1.29 is 0 Å². The van der Waals surface area contributed by atoms with E-state index < -0.39 is 0 Å². The van der Waals surface area contributed by atoms with E-state index in [9.17, 15) is 0 Å². The molecule has 0 bridgehead atoms. The molecule has 24 heavy (non-hydrogen) atoms.